The Morgan fingerprint density at radius 3 is 2.00 bits per heavy atom. The summed E-state index contributed by atoms with van der Waals surface area (Å²) in [6.07, 6.45) is 3.78. The van der Waals surface area contributed by atoms with Crippen molar-refractivity contribution in [3.8, 4) is 0 Å². The van der Waals surface area contributed by atoms with Crippen molar-refractivity contribution in [2.45, 2.75) is 39.5 Å². The maximum absolute atomic E-state index is 10.5. The first-order chi connectivity index (χ1) is 5.61. The second-order valence-electron chi connectivity index (χ2n) is 4.17. The predicted octanol–water partition coefficient (Wildman–Crippen LogP) is -1.80. The van der Waals surface area contributed by atoms with Crippen LogP contribution in [0.2, 0.25) is 0 Å². The number of carboxylic acid groups (broad SMARTS) is 1. The molecule has 1 fully saturated rings. The molecule has 0 aromatic rings. The minimum atomic E-state index is -0.850. The van der Waals surface area contributed by atoms with Crippen LogP contribution in [0.15, 0.2) is 0 Å². The zero-order valence-electron chi connectivity index (χ0n) is 8.88. The van der Waals surface area contributed by atoms with E-state index in [0.717, 1.165) is 31.6 Å². The summed E-state index contributed by atoms with van der Waals surface area (Å²) in [6.45, 7) is 4.42. The van der Waals surface area contributed by atoms with E-state index < -0.39 is 5.97 Å². The molecule has 1 saturated carbocycles. The summed E-state index contributed by atoms with van der Waals surface area (Å²) in [6, 6.07) is 0. The first kappa shape index (κ1) is 14.1. The Morgan fingerprint density at radius 2 is 1.69 bits per heavy atom. The van der Waals surface area contributed by atoms with Gasteiger partial charge in [0.25, 0.3) is 0 Å². The molecule has 0 radical (unpaired) electrons. The maximum atomic E-state index is 10.5. The second-order valence-corrected chi connectivity index (χ2v) is 4.17. The van der Waals surface area contributed by atoms with Gasteiger partial charge in [-0.05, 0) is 43.4 Å². The molecule has 1 aliphatic rings. The van der Waals surface area contributed by atoms with Gasteiger partial charge in [0.2, 0.25) is 0 Å². The van der Waals surface area contributed by atoms with Gasteiger partial charge in [-0.2, -0.15) is 0 Å². The van der Waals surface area contributed by atoms with E-state index in [1.54, 1.807) is 0 Å². The maximum Gasteiger partial charge on any atom is 1.00 e. The fourth-order valence-electron chi connectivity index (χ4n) is 2.02. The average molecular weight is 208 g/mol. The van der Waals surface area contributed by atoms with E-state index in [-0.39, 0.29) is 57.3 Å². The summed E-state index contributed by atoms with van der Waals surface area (Å²) in [5.41, 5.74) is 0. The standard InChI is InChI=1S/C10H18O2.K/c1-7(2)8-3-5-9(6-4-8)10(11)12;/h7-9H,3-6H2,1-2H3,(H,11,12);/q;+1/p-1. The van der Waals surface area contributed by atoms with Gasteiger partial charge in [-0.25, -0.2) is 0 Å². The smallest absolute Gasteiger partial charge is 0.550 e. The fourth-order valence-corrected chi connectivity index (χ4v) is 2.02. The molecule has 0 aliphatic heterocycles. The van der Waals surface area contributed by atoms with E-state index in [9.17, 15) is 9.90 Å². The van der Waals surface area contributed by atoms with Crippen molar-refractivity contribution in [3.05, 3.63) is 0 Å². The van der Waals surface area contributed by atoms with Crippen LogP contribution in [0.3, 0.4) is 0 Å². The van der Waals surface area contributed by atoms with Crippen LogP contribution < -0.4 is 56.5 Å². The van der Waals surface area contributed by atoms with Crippen molar-refractivity contribution < 1.29 is 61.3 Å². The fraction of sp³-hybridized carbons (Fsp3) is 0.900. The van der Waals surface area contributed by atoms with Crippen LogP contribution in [0, 0.1) is 17.8 Å². The molecular formula is C10H17KO2. The van der Waals surface area contributed by atoms with Crippen molar-refractivity contribution in [1.82, 2.24) is 0 Å². The van der Waals surface area contributed by atoms with Crippen LogP contribution in [-0.4, -0.2) is 5.97 Å². The van der Waals surface area contributed by atoms with Gasteiger partial charge in [0.15, 0.2) is 0 Å². The van der Waals surface area contributed by atoms with E-state index in [1.165, 1.54) is 0 Å². The summed E-state index contributed by atoms with van der Waals surface area (Å²) in [4.78, 5) is 10.5. The van der Waals surface area contributed by atoms with Crippen molar-refractivity contribution in [2.75, 3.05) is 0 Å². The van der Waals surface area contributed by atoms with E-state index in [0.29, 0.717) is 5.92 Å². The number of carbonyl (C=O) groups excluding carboxylic acids is 1. The normalized spacial score (nSPS) is 28.2. The van der Waals surface area contributed by atoms with Gasteiger partial charge in [0, 0.05) is 5.97 Å². The van der Waals surface area contributed by atoms with Gasteiger partial charge in [-0.1, -0.05) is 13.8 Å². The largest absolute Gasteiger partial charge is 1.00 e. The minimum absolute atomic E-state index is 0. The molecule has 1 rings (SSSR count). The molecule has 2 nitrogen and oxygen atoms in total. The Morgan fingerprint density at radius 1 is 1.23 bits per heavy atom. The third kappa shape index (κ3) is 4.43. The monoisotopic (exact) mass is 208 g/mol. The molecule has 0 atom stereocenters. The molecule has 3 heteroatoms. The van der Waals surface area contributed by atoms with Gasteiger partial charge >= 0.3 is 51.4 Å². The van der Waals surface area contributed by atoms with E-state index in [4.69, 9.17) is 0 Å². The summed E-state index contributed by atoms with van der Waals surface area (Å²) in [5, 5.41) is 10.5. The molecule has 0 aromatic heterocycles. The Hall–Kier alpha value is 1.11. The van der Waals surface area contributed by atoms with Crippen molar-refractivity contribution in [1.29, 1.82) is 0 Å². The topological polar surface area (TPSA) is 40.1 Å². The van der Waals surface area contributed by atoms with E-state index in [1.807, 2.05) is 0 Å². The third-order valence-electron chi connectivity index (χ3n) is 3.05. The molecule has 1 aliphatic carbocycles. The van der Waals surface area contributed by atoms with Crippen LogP contribution in [-0.2, 0) is 4.79 Å². The number of rotatable bonds is 2. The molecule has 13 heavy (non-hydrogen) atoms. The number of hydrogen-bond donors (Lipinski definition) is 0. The van der Waals surface area contributed by atoms with Gasteiger partial charge in [-0.15, -0.1) is 0 Å². The average Bonchev–Trinajstić information content (AvgIpc) is 2.04. The van der Waals surface area contributed by atoms with Crippen molar-refractivity contribution in [2.24, 2.45) is 17.8 Å². The van der Waals surface area contributed by atoms with Crippen molar-refractivity contribution in [3.63, 3.8) is 0 Å². The zero-order chi connectivity index (χ0) is 9.14. The summed E-state index contributed by atoms with van der Waals surface area (Å²) >= 11 is 0. The molecule has 0 unspecified atom stereocenters. The third-order valence-corrected chi connectivity index (χ3v) is 3.05. The number of hydrogen-bond acceptors (Lipinski definition) is 2. The van der Waals surface area contributed by atoms with Crippen LogP contribution in [0.1, 0.15) is 39.5 Å². The number of carbonyl (C=O) groups is 1. The minimum Gasteiger partial charge on any atom is -0.550 e. The molecule has 0 bridgehead atoms. The van der Waals surface area contributed by atoms with Gasteiger partial charge < -0.3 is 9.90 Å². The van der Waals surface area contributed by atoms with Crippen molar-refractivity contribution >= 4 is 5.97 Å². The summed E-state index contributed by atoms with van der Waals surface area (Å²) in [5.74, 6) is 0.422. The van der Waals surface area contributed by atoms with Gasteiger partial charge in [-0.3, -0.25) is 0 Å². The molecule has 0 spiro atoms. The van der Waals surface area contributed by atoms with Crippen LogP contribution in [0.5, 0.6) is 0 Å². The van der Waals surface area contributed by atoms with E-state index >= 15 is 0 Å². The molecular weight excluding hydrogens is 191 g/mol. The summed E-state index contributed by atoms with van der Waals surface area (Å²) in [7, 11) is 0. The Balaban J connectivity index is 0.00000144. The molecule has 0 N–H and O–H groups in total. The Kier molecular flexibility index (Phi) is 7.12. The molecule has 0 aromatic carbocycles. The van der Waals surface area contributed by atoms with E-state index in [2.05, 4.69) is 13.8 Å². The SMILES string of the molecule is CC(C)C1CCC(C(=O)[O-])CC1.[K+]. The zero-order valence-corrected chi connectivity index (χ0v) is 12.0. The molecule has 0 saturated heterocycles. The Labute approximate surface area is 123 Å². The van der Waals surface area contributed by atoms with Crippen LogP contribution >= 0.6 is 0 Å². The first-order valence-electron chi connectivity index (χ1n) is 4.82. The van der Waals surface area contributed by atoms with Crippen LogP contribution in [0.4, 0.5) is 0 Å². The first-order valence-corrected chi connectivity index (χ1v) is 4.82. The number of carboxylic acids is 1. The predicted molar refractivity (Wildman–Crippen MR) is 45.3 cm³/mol. The Bertz CT molecular complexity index is 160. The number of aliphatic carboxylic acids is 1. The van der Waals surface area contributed by atoms with Crippen LogP contribution in [0.25, 0.3) is 0 Å². The quantitative estimate of drug-likeness (QED) is 0.503. The van der Waals surface area contributed by atoms with Gasteiger partial charge in [0.1, 0.15) is 0 Å². The molecule has 0 heterocycles. The molecule has 70 valence electrons. The van der Waals surface area contributed by atoms with Gasteiger partial charge in [0.05, 0.1) is 0 Å². The second kappa shape index (κ2) is 6.56. The molecule has 0 amide bonds. The summed E-state index contributed by atoms with van der Waals surface area (Å²) < 4.78 is 0.